The van der Waals surface area contributed by atoms with E-state index in [2.05, 4.69) is 0 Å². The third-order valence-corrected chi connectivity index (χ3v) is 11.7. The van der Waals surface area contributed by atoms with Crippen LogP contribution in [0.2, 0.25) is 0 Å². The number of nitrogens with zero attached hydrogens (tertiary/aromatic N) is 2. The van der Waals surface area contributed by atoms with Crippen molar-refractivity contribution in [3.63, 3.8) is 0 Å². The smallest absolute Gasteiger partial charge is 0.222 e. The molecule has 11 nitrogen and oxygen atoms in total. The van der Waals surface area contributed by atoms with Gasteiger partial charge in [0.25, 0.3) is 0 Å². The first-order valence-electron chi connectivity index (χ1n) is 22.0. The lowest BCUT2D eigenvalue weighted by Gasteiger charge is -2.28. The quantitative estimate of drug-likeness (QED) is 0.0963. The van der Waals surface area contributed by atoms with Crippen LogP contribution in [0.5, 0.6) is 46.0 Å². The summed E-state index contributed by atoms with van der Waals surface area (Å²) in [6.45, 7) is 1.52. The minimum absolute atomic E-state index is 0.118. The van der Waals surface area contributed by atoms with Gasteiger partial charge >= 0.3 is 0 Å². The monoisotopic (exact) mass is 932 g/mol. The molecule has 0 N–H and O–H groups in total. The van der Waals surface area contributed by atoms with Crippen LogP contribution in [-0.2, 0) is 30.5 Å². The van der Waals surface area contributed by atoms with Crippen LogP contribution in [0.1, 0.15) is 49.3 Å². The Labute approximate surface area is 400 Å². The number of halogens is 2. The van der Waals surface area contributed by atoms with Crippen LogP contribution >= 0.6 is 0 Å². The summed E-state index contributed by atoms with van der Waals surface area (Å²) in [6.07, 6.45) is 0. The molecule has 0 aromatic heterocycles. The van der Waals surface area contributed by atoms with Gasteiger partial charge in [0, 0.05) is 33.4 Å². The number of hydrogen-bond acceptors (Lipinski definition) is 11. The molecule has 0 atom stereocenters. The van der Waals surface area contributed by atoms with Crippen molar-refractivity contribution in [3.05, 3.63) is 238 Å². The molecule has 0 spiro atoms. The third-order valence-electron chi connectivity index (χ3n) is 11.7. The van der Waals surface area contributed by atoms with Crippen LogP contribution < -0.4 is 18.9 Å². The zero-order chi connectivity index (χ0) is 48.1. The fourth-order valence-corrected chi connectivity index (χ4v) is 8.23. The first-order valence-corrected chi connectivity index (χ1v) is 22.0. The summed E-state index contributed by atoms with van der Waals surface area (Å²) in [4.78, 5) is 13.5. The molecular formula is C57H38F2N2O9. The molecule has 2 aliphatic rings. The van der Waals surface area contributed by atoms with Crippen LogP contribution in [-0.4, -0.2) is 32.2 Å². The lowest BCUT2D eigenvalue weighted by atomic mass is 9.97. The van der Waals surface area contributed by atoms with Gasteiger partial charge in [-0.05, 0) is 170 Å². The van der Waals surface area contributed by atoms with E-state index >= 15 is 0 Å². The topological polar surface area (TPSA) is 138 Å². The van der Waals surface area contributed by atoms with Crippen molar-refractivity contribution in [2.24, 2.45) is 0 Å². The molecule has 0 aliphatic carbocycles. The average Bonchev–Trinajstić information content (AvgIpc) is 4.11. The lowest BCUT2D eigenvalue weighted by molar-refractivity contribution is -0.130. The second kappa shape index (κ2) is 19.5. The Bertz CT molecular complexity index is 3030. The van der Waals surface area contributed by atoms with Crippen LogP contribution in [0.4, 0.5) is 8.78 Å². The lowest BCUT2D eigenvalue weighted by Crippen LogP contribution is -2.28. The summed E-state index contributed by atoms with van der Waals surface area (Å²) in [5.41, 5.74) is 3.53. The van der Waals surface area contributed by atoms with E-state index in [1.165, 1.54) is 36.4 Å². The van der Waals surface area contributed by atoms with Gasteiger partial charge in [-0.1, -0.05) is 12.1 Å². The van der Waals surface area contributed by atoms with Crippen LogP contribution in [0.25, 0.3) is 0 Å². The van der Waals surface area contributed by atoms with Gasteiger partial charge in [-0.2, -0.15) is 10.5 Å². The Morgan fingerprint density at radius 3 is 0.957 bits per heavy atom. The van der Waals surface area contributed by atoms with Crippen molar-refractivity contribution in [1.82, 2.24) is 0 Å². The number of benzene rings is 8. The molecule has 2 heterocycles. The summed E-state index contributed by atoms with van der Waals surface area (Å²) in [5.74, 6) is -0.579. The zero-order valence-electron chi connectivity index (χ0n) is 37.0. The van der Waals surface area contributed by atoms with Crippen molar-refractivity contribution < 1.29 is 51.5 Å². The first kappa shape index (κ1) is 45.1. The summed E-state index contributed by atoms with van der Waals surface area (Å²) in [5, 5.41) is 18.7. The molecule has 0 bridgehead atoms. The predicted octanol–water partition coefficient (Wildman–Crippen LogP) is 12.6. The number of ketones is 1. The summed E-state index contributed by atoms with van der Waals surface area (Å²) in [7, 11) is 0. The molecule has 8 aromatic rings. The molecule has 0 saturated carbocycles. The number of nitriles is 2. The normalized spacial score (nSPS) is 14.5. The fourth-order valence-electron chi connectivity index (χ4n) is 8.23. The molecule has 2 saturated heterocycles. The van der Waals surface area contributed by atoms with E-state index in [0.717, 1.165) is 22.3 Å². The predicted molar refractivity (Wildman–Crippen MR) is 250 cm³/mol. The van der Waals surface area contributed by atoms with Crippen molar-refractivity contribution in [1.29, 1.82) is 10.5 Å². The molecule has 8 aromatic carbocycles. The fraction of sp³-hybridized carbons (Fsp3) is 0.105. The Morgan fingerprint density at radius 1 is 0.400 bits per heavy atom. The molecule has 0 unspecified atom stereocenters. The second-order valence-electron chi connectivity index (χ2n) is 16.0. The van der Waals surface area contributed by atoms with Gasteiger partial charge in [0.2, 0.25) is 11.6 Å². The summed E-state index contributed by atoms with van der Waals surface area (Å²) >= 11 is 0. The maximum atomic E-state index is 14.1. The summed E-state index contributed by atoms with van der Waals surface area (Å²) in [6, 6.07) is 54.6. The SMILES string of the molecule is N#Cc1c(F)cccc1Oc1ccc(C2(c3ccc(Oc4ccc(C(=O)c5ccc(Oc6ccc(C7(c8ccc(Oc9cccc(F)c9C#N)cc8)OCCO7)cc6)cc5)cc4)cc3)OCCO2)cc1. The van der Waals surface area contributed by atoms with Gasteiger partial charge in [0.1, 0.15) is 80.9 Å². The van der Waals surface area contributed by atoms with Gasteiger partial charge in [0.15, 0.2) is 5.78 Å². The van der Waals surface area contributed by atoms with E-state index in [1.807, 2.05) is 60.7 Å². The Hall–Kier alpha value is -8.69. The zero-order valence-corrected chi connectivity index (χ0v) is 37.0. The molecule has 13 heteroatoms. The highest BCUT2D eigenvalue weighted by Crippen LogP contribution is 2.42. The highest BCUT2D eigenvalue weighted by Gasteiger charge is 2.42. The number of carbonyl (C=O) groups is 1. The van der Waals surface area contributed by atoms with E-state index in [-0.39, 0.29) is 28.4 Å². The van der Waals surface area contributed by atoms with Crippen molar-refractivity contribution in [2.75, 3.05) is 26.4 Å². The second-order valence-corrected chi connectivity index (χ2v) is 16.0. The molecule has 344 valence electrons. The maximum Gasteiger partial charge on any atom is 0.222 e. The molecule has 0 radical (unpaired) electrons. The van der Waals surface area contributed by atoms with Gasteiger partial charge in [-0.25, -0.2) is 8.78 Å². The molecule has 2 fully saturated rings. The van der Waals surface area contributed by atoms with Crippen molar-refractivity contribution in [3.8, 4) is 58.1 Å². The van der Waals surface area contributed by atoms with Gasteiger partial charge in [-0.15, -0.1) is 0 Å². The van der Waals surface area contributed by atoms with Crippen molar-refractivity contribution in [2.45, 2.75) is 11.6 Å². The van der Waals surface area contributed by atoms with Crippen LogP contribution in [0, 0.1) is 34.3 Å². The highest BCUT2D eigenvalue weighted by atomic mass is 19.1. The number of ether oxygens (including phenoxy) is 8. The van der Waals surface area contributed by atoms with E-state index < -0.39 is 23.2 Å². The molecule has 0 amide bonds. The van der Waals surface area contributed by atoms with E-state index in [1.54, 1.807) is 97.1 Å². The Kier molecular flexibility index (Phi) is 12.6. The molecule has 70 heavy (non-hydrogen) atoms. The number of carbonyl (C=O) groups excluding carboxylic acids is 1. The summed E-state index contributed by atoms with van der Waals surface area (Å²) < 4.78 is 76.9. The third kappa shape index (κ3) is 9.05. The average molecular weight is 933 g/mol. The number of hydrogen-bond donors (Lipinski definition) is 0. The van der Waals surface area contributed by atoms with Gasteiger partial charge < -0.3 is 37.9 Å². The van der Waals surface area contributed by atoms with E-state index in [9.17, 15) is 24.1 Å². The standard InChI is InChI=1S/C57H38F2N2O9/c58-51-3-1-5-53(49(51)35-60)69-47-27-15-41(16-28-47)56(63-31-32-64-56)39-11-23-45(24-12-39)67-43-19-7-37(8-20-43)55(62)38-9-21-44(22-10-38)68-46-25-13-40(14-26-46)57(65-33-34-66-57)42-17-29-48(30-18-42)70-54-6-2-4-52(59)50(54)36-61/h1-30H,31-34H2. The highest BCUT2D eigenvalue weighted by molar-refractivity contribution is 6.09. The van der Waals surface area contributed by atoms with E-state index in [4.69, 9.17) is 37.9 Å². The van der Waals surface area contributed by atoms with Crippen LogP contribution in [0.15, 0.2) is 182 Å². The number of rotatable bonds is 14. The Balaban J connectivity index is 0.749. The van der Waals surface area contributed by atoms with Crippen molar-refractivity contribution >= 4 is 5.78 Å². The van der Waals surface area contributed by atoms with Gasteiger partial charge in [-0.3, -0.25) is 4.79 Å². The minimum Gasteiger partial charge on any atom is -0.457 e. The molecule has 2 aliphatic heterocycles. The maximum absolute atomic E-state index is 14.1. The Morgan fingerprint density at radius 2 is 0.671 bits per heavy atom. The first-order chi connectivity index (χ1) is 34.2. The minimum atomic E-state index is -1.18. The van der Waals surface area contributed by atoms with Crippen LogP contribution in [0.3, 0.4) is 0 Å². The molecular weight excluding hydrogens is 895 g/mol. The largest absolute Gasteiger partial charge is 0.457 e. The van der Waals surface area contributed by atoms with E-state index in [0.29, 0.717) is 72.1 Å². The molecule has 10 rings (SSSR count). The van der Waals surface area contributed by atoms with Gasteiger partial charge in [0.05, 0.1) is 26.4 Å².